The second-order valence-electron chi connectivity index (χ2n) is 5.22. The van der Waals surface area contributed by atoms with E-state index in [1.54, 1.807) is 11.3 Å². The number of aromatic carboxylic acids is 1. The molecule has 2 N–H and O–H groups in total. The smallest absolute Gasteiger partial charge is 0.338 e. The van der Waals surface area contributed by atoms with Gasteiger partial charge in [0.2, 0.25) is 0 Å². The van der Waals surface area contributed by atoms with Crippen LogP contribution in [0.15, 0.2) is 0 Å². The quantitative estimate of drug-likeness (QED) is 0.892. The first-order valence-electron chi connectivity index (χ1n) is 7.01. The number of anilines is 1. The van der Waals surface area contributed by atoms with Crippen molar-refractivity contribution in [2.75, 3.05) is 11.9 Å². The highest BCUT2D eigenvalue weighted by Crippen LogP contribution is 2.38. The number of hydrogen-bond acceptors (Lipinski definition) is 4. The van der Waals surface area contributed by atoms with E-state index < -0.39 is 5.97 Å². The molecule has 0 radical (unpaired) electrons. The van der Waals surface area contributed by atoms with E-state index >= 15 is 0 Å². The average Bonchev–Trinajstić information content (AvgIpc) is 2.77. The molecule has 0 spiro atoms. The van der Waals surface area contributed by atoms with Gasteiger partial charge < -0.3 is 15.2 Å². The Morgan fingerprint density at radius 3 is 2.84 bits per heavy atom. The van der Waals surface area contributed by atoms with Gasteiger partial charge in [0.05, 0.1) is 5.56 Å². The van der Waals surface area contributed by atoms with E-state index in [0.29, 0.717) is 5.56 Å². The summed E-state index contributed by atoms with van der Waals surface area (Å²) in [5.41, 5.74) is 1.55. The van der Waals surface area contributed by atoms with Crippen molar-refractivity contribution in [2.24, 2.45) is 0 Å². The first-order chi connectivity index (χ1) is 9.25. The Balaban J connectivity index is 1.87. The Hall–Kier alpha value is -1.07. The molecule has 0 amide bonds. The minimum atomic E-state index is -0.808. The molecule has 19 heavy (non-hydrogen) atoms. The minimum Gasteiger partial charge on any atom is -0.478 e. The van der Waals surface area contributed by atoms with Gasteiger partial charge in [-0.3, -0.25) is 0 Å². The third-order valence-electron chi connectivity index (χ3n) is 3.86. The van der Waals surface area contributed by atoms with E-state index in [1.165, 1.54) is 11.3 Å². The molecule has 2 aliphatic rings. The zero-order valence-electron chi connectivity index (χ0n) is 10.9. The Morgan fingerprint density at radius 2 is 2.11 bits per heavy atom. The van der Waals surface area contributed by atoms with Crippen LogP contribution in [0, 0.1) is 0 Å². The summed E-state index contributed by atoms with van der Waals surface area (Å²) in [7, 11) is 0. The number of aryl methyl sites for hydroxylation is 1. The van der Waals surface area contributed by atoms with E-state index in [1.807, 2.05) is 0 Å². The molecular formula is C14H19NO3S. The van der Waals surface area contributed by atoms with E-state index in [4.69, 9.17) is 4.74 Å². The predicted molar refractivity (Wildman–Crippen MR) is 75.1 cm³/mol. The topological polar surface area (TPSA) is 58.6 Å². The standard InChI is InChI=1S/C14H19NO3S/c16-14(17)12-9-5-1-2-6-10(9)19-13(12)15-11-7-3-4-8-18-11/h11,15H,1-8H2,(H,16,17). The molecule has 0 bridgehead atoms. The third-order valence-corrected chi connectivity index (χ3v) is 5.08. The lowest BCUT2D eigenvalue weighted by Crippen LogP contribution is -2.27. The van der Waals surface area contributed by atoms with Gasteiger partial charge in [-0.05, 0) is 50.5 Å². The molecule has 1 aromatic heterocycles. The Kier molecular flexibility index (Phi) is 3.75. The lowest BCUT2D eigenvalue weighted by molar-refractivity contribution is 0.0344. The monoisotopic (exact) mass is 281 g/mol. The molecule has 1 saturated heterocycles. The summed E-state index contributed by atoms with van der Waals surface area (Å²) in [6.45, 7) is 0.769. The molecule has 0 aromatic carbocycles. The van der Waals surface area contributed by atoms with Crippen molar-refractivity contribution >= 4 is 22.3 Å². The molecular weight excluding hydrogens is 262 g/mol. The lowest BCUT2D eigenvalue weighted by atomic mass is 9.95. The summed E-state index contributed by atoms with van der Waals surface area (Å²) in [4.78, 5) is 12.8. The third kappa shape index (κ3) is 2.62. The van der Waals surface area contributed by atoms with Crippen molar-refractivity contribution in [1.82, 2.24) is 0 Å². The largest absolute Gasteiger partial charge is 0.478 e. The first kappa shape index (κ1) is 12.9. The predicted octanol–water partition coefficient (Wildman–Crippen LogP) is 3.26. The fraction of sp³-hybridized carbons (Fsp3) is 0.643. The van der Waals surface area contributed by atoms with Crippen molar-refractivity contribution < 1.29 is 14.6 Å². The molecule has 1 aromatic rings. The molecule has 3 rings (SSSR count). The number of carbonyl (C=O) groups is 1. The van der Waals surface area contributed by atoms with Crippen LogP contribution >= 0.6 is 11.3 Å². The maximum absolute atomic E-state index is 11.5. The molecule has 1 unspecified atom stereocenters. The number of hydrogen-bond donors (Lipinski definition) is 2. The number of nitrogens with one attached hydrogen (secondary N) is 1. The summed E-state index contributed by atoms with van der Waals surface area (Å²) in [5, 5.41) is 13.6. The van der Waals surface area contributed by atoms with Crippen LogP contribution in [0.3, 0.4) is 0 Å². The number of rotatable bonds is 3. The molecule has 1 aliphatic carbocycles. The molecule has 0 saturated carbocycles. The summed E-state index contributed by atoms with van der Waals surface area (Å²) in [5.74, 6) is -0.808. The van der Waals surface area contributed by atoms with Crippen molar-refractivity contribution in [3.8, 4) is 0 Å². The van der Waals surface area contributed by atoms with Gasteiger partial charge in [-0.2, -0.15) is 0 Å². The van der Waals surface area contributed by atoms with Crippen molar-refractivity contribution in [3.63, 3.8) is 0 Å². The second-order valence-corrected chi connectivity index (χ2v) is 6.32. The molecule has 4 nitrogen and oxygen atoms in total. The fourth-order valence-electron chi connectivity index (χ4n) is 2.89. The zero-order valence-corrected chi connectivity index (χ0v) is 11.7. The van der Waals surface area contributed by atoms with Crippen LogP contribution in [-0.2, 0) is 17.6 Å². The Morgan fingerprint density at radius 1 is 1.26 bits per heavy atom. The van der Waals surface area contributed by atoms with Gasteiger partial charge in [0.25, 0.3) is 0 Å². The summed E-state index contributed by atoms with van der Waals surface area (Å²) >= 11 is 1.61. The highest BCUT2D eigenvalue weighted by Gasteiger charge is 2.26. The lowest BCUT2D eigenvalue weighted by Gasteiger charge is -2.24. The number of fused-ring (bicyclic) bond motifs is 1. The van der Waals surface area contributed by atoms with Crippen molar-refractivity contribution in [2.45, 2.75) is 51.2 Å². The summed E-state index contributed by atoms with van der Waals surface area (Å²) in [6, 6.07) is 0. The SMILES string of the molecule is O=C(O)c1c(NC2CCCCO2)sc2c1CCCC2. The van der Waals surface area contributed by atoms with E-state index in [-0.39, 0.29) is 6.23 Å². The van der Waals surface area contributed by atoms with Gasteiger partial charge in [-0.15, -0.1) is 11.3 Å². The van der Waals surface area contributed by atoms with Crippen LogP contribution in [0.5, 0.6) is 0 Å². The average molecular weight is 281 g/mol. The molecule has 104 valence electrons. The normalized spacial score (nSPS) is 22.8. The van der Waals surface area contributed by atoms with E-state index in [0.717, 1.165) is 55.7 Å². The number of ether oxygens (including phenoxy) is 1. The number of carboxylic acids is 1. The second kappa shape index (κ2) is 5.51. The van der Waals surface area contributed by atoms with Crippen LogP contribution in [0.25, 0.3) is 0 Å². The first-order valence-corrected chi connectivity index (χ1v) is 7.83. The van der Waals surface area contributed by atoms with E-state index in [2.05, 4.69) is 5.32 Å². The highest BCUT2D eigenvalue weighted by molar-refractivity contribution is 7.16. The molecule has 2 heterocycles. The van der Waals surface area contributed by atoms with Crippen molar-refractivity contribution in [3.05, 3.63) is 16.0 Å². The summed E-state index contributed by atoms with van der Waals surface area (Å²) in [6.07, 6.45) is 7.38. The van der Waals surface area contributed by atoms with Gasteiger partial charge in [0.1, 0.15) is 11.2 Å². The minimum absolute atomic E-state index is 0.0213. The van der Waals surface area contributed by atoms with Crippen LogP contribution in [0.4, 0.5) is 5.00 Å². The highest BCUT2D eigenvalue weighted by atomic mass is 32.1. The van der Waals surface area contributed by atoms with Gasteiger partial charge in [0.15, 0.2) is 0 Å². The van der Waals surface area contributed by atoms with Crippen LogP contribution in [0.2, 0.25) is 0 Å². The molecule has 1 aliphatic heterocycles. The van der Waals surface area contributed by atoms with Gasteiger partial charge in [0, 0.05) is 11.5 Å². The van der Waals surface area contributed by atoms with Gasteiger partial charge >= 0.3 is 5.97 Å². The maximum atomic E-state index is 11.5. The molecule has 1 atom stereocenters. The van der Waals surface area contributed by atoms with Crippen LogP contribution in [0.1, 0.15) is 52.9 Å². The number of carboxylic acid groups (broad SMARTS) is 1. The zero-order chi connectivity index (χ0) is 13.2. The van der Waals surface area contributed by atoms with Gasteiger partial charge in [-0.1, -0.05) is 0 Å². The van der Waals surface area contributed by atoms with Gasteiger partial charge in [-0.25, -0.2) is 4.79 Å². The van der Waals surface area contributed by atoms with Crippen LogP contribution < -0.4 is 5.32 Å². The molecule has 1 fully saturated rings. The maximum Gasteiger partial charge on any atom is 0.338 e. The Bertz CT molecular complexity index is 477. The molecule has 5 heteroatoms. The summed E-state index contributed by atoms with van der Waals surface area (Å²) < 4.78 is 5.65. The fourth-order valence-corrected chi connectivity index (χ4v) is 4.22. The van der Waals surface area contributed by atoms with Crippen molar-refractivity contribution in [1.29, 1.82) is 0 Å². The van der Waals surface area contributed by atoms with E-state index in [9.17, 15) is 9.90 Å². The van der Waals surface area contributed by atoms with Crippen LogP contribution in [-0.4, -0.2) is 23.9 Å². The Labute approximate surface area is 116 Å². The number of thiophene rings is 1.